The summed E-state index contributed by atoms with van der Waals surface area (Å²) in [6.07, 6.45) is -4.28. The minimum absolute atomic E-state index is 0. The van der Waals surface area contributed by atoms with Crippen molar-refractivity contribution >= 4 is 18.3 Å². The zero-order valence-corrected chi connectivity index (χ0v) is 13.0. The summed E-state index contributed by atoms with van der Waals surface area (Å²) in [5.74, 6) is -2.22. The van der Waals surface area contributed by atoms with E-state index in [-0.39, 0.29) is 24.9 Å². The van der Waals surface area contributed by atoms with Crippen molar-refractivity contribution < 1.29 is 22.4 Å². The largest absolute Gasteiger partial charge is 0.419 e. The van der Waals surface area contributed by atoms with Crippen LogP contribution in [0.15, 0.2) is 18.2 Å². The van der Waals surface area contributed by atoms with Gasteiger partial charge in [-0.05, 0) is 24.5 Å². The smallest absolute Gasteiger partial charge is 0.348 e. The highest BCUT2D eigenvalue weighted by molar-refractivity contribution is 5.94. The Labute approximate surface area is 132 Å². The maximum atomic E-state index is 13.8. The second-order valence-corrected chi connectivity index (χ2v) is 5.20. The van der Waals surface area contributed by atoms with Gasteiger partial charge in [0, 0.05) is 12.6 Å². The van der Waals surface area contributed by atoms with Crippen molar-refractivity contribution in [1.29, 1.82) is 0 Å². The summed E-state index contributed by atoms with van der Waals surface area (Å²) < 4.78 is 51.6. The summed E-state index contributed by atoms with van der Waals surface area (Å²) >= 11 is 0. The minimum Gasteiger partial charge on any atom is -0.348 e. The van der Waals surface area contributed by atoms with Gasteiger partial charge in [-0.2, -0.15) is 13.2 Å². The predicted molar refractivity (Wildman–Crippen MR) is 78.4 cm³/mol. The Balaban J connectivity index is 0.00000441. The van der Waals surface area contributed by atoms with Crippen LogP contribution in [-0.4, -0.2) is 18.5 Å². The van der Waals surface area contributed by atoms with E-state index in [0.717, 1.165) is 12.1 Å². The van der Waals surface area contributed by atoms with Gasteiger partial charge in [0.2, 0.25) is 0 Å². The number of carbonyl (C=O) groups excluding carboxylic acids is 1. The summed E-state index contributed by atoms with van der Waals surface area (Å²) in [5, 5.41) is 2.46. The molecule has 0 saturated heterocycles. The fraction of sp³-hybridized carbons (Fsp3) is 0.500. The van der Waals surface area contributed by atoms with Crippen molar-refractivity contribution in [2.24, 2.45) is 11.7 Å². The lowest BCUT2D eigenvalue weighted by atomic mass is 10.0. The van der Waals surface area contributed by atoms with Gasteiger partial charge in [0.05, 0.1) is 11.1 Å². The van der Waals surface area contributed by atoms with E-state index in [1.165, 1.54) is 0 Å². The third-order valence-electron chi connectivity index (χ3n) is 2.92. The predicted octanol–water partition coefficient (Wildman–Crippen LogP) is 3.37. The number of nitrogens with two attached hydrogens (primary N) is 1. The molecule has 3 nitrogen and oxygen atoms in total. The van der Waals surface area contributed by atoms with E-state index in [1.54, 1.807) is 0 Å². The van der Waals surface area contributed by atoms with E-state index < -0.39 is 35.1 Å². The lowest BCUT2D eigenvalue weighted by Crippen LogP contribution is -2.41. The maximum Gasteiger partial charge on any atom is 0.419 e. The van der Waals surface area contributed by atoms with Crippen LogP contribution in [0.1, 0.15) is 36.2 Å². The number of hydrogen-bond acceptors (Lipinski definition) is 2. The molecule has 0 fully saturated rings. The van der Waals surface area contributed by atoms with Gasteiger partial charge >= 0.3 is 6.18 Å². The van der Waals surface area contributed by atoms with Crippen LogP contribution in [0.5, 0.6) is 0 Å². The van der Waals surface area contributed by atoms with Gasteiger partial charge in [0.15, 0.2) is 0 Å². The van der Waals surface area contributed by atoms with Crippen molar-refractivity contribution in [3.63, 3.8) is 0 Å². The van der Waals surface area contributed by atoms with Crippen molar-refractivity contribution in [1.82, 2.24) is 5.32 Å². The molecule has 3 N–H and O–H groups in total. The van der Waals surface area contributed by atoms with E-state index in [4.69, 9.17) is 5.73 Å². The maximum absolute atomic E-state index is 13.8. The monoisotopic (exact) mass is 342 g/mol. The number of carbonyl (C=O) groups is 1. The summed E-state index contributed by atoms with van der Waals surface area (Å²) in [4.78, 5) is 11.9. The normalized spacial score (nSPS) is 12.7. The van der Waals surface area contributed by atoms with Crippen molar-refractivity contribution in [3.8, 4) is 0 Å². The fourth-order valence-electron chi connectivity index (χ4n) is 1.97. The molecule has 0 spiro atoms. The molecule has 0 saturated carbocycles. The van der Waals surface area contributed by atoms with Gasteiger partial charge in [-0.15, -0.1) is 12.4 Å². The Morgan fingerprint density at radius 3 is 2.36 bits per heavy atom. The molecule has 126 valence electrons. The molecule has 0 bridgehead atoms. The molecular weight excluding hydrogens is 324 g/mol. The first-order chi connectivity index (χ1) is 9.66. The molecular formula is C14H19ClF4N2O. The molecule has 0 aromatic heterocycles. The third kappa shape index (κ3) is 5.46. The molecule has 0 aliphatic rings. The van der Waals surface area contributed by atoms with Gasteiger partial charge in [0.25, 0.3) is 5.91 Å². The van der Waals surface area contributed by atoms with Crippen LogP contribution in [-0.2, 0) is 6.18 Å². The Morgan fingerprint density at radius 2 is 1.91 bits per heavy atom. The molecule has 0 heterocycles. The Kier molecular flexibility index (Phi) is 7.83. The van der Waals surface area contributed by atoms with E-state index in [0.29, 0.717) is 12.5 Å². The van der Waals surface area contributed by atoms with Crippen LogP contribution in [0.3, 0.4) is 0 Å². The number of halogens is 5. The molecule has 1 aromatic carbocycles. The van der Waals surface area contributed by atoms with Gasteiger partial charge in [0.1, 0.15) is 5.82 Å². The highest BCUT2D eigenvalue weighted by Gasteiger charge is 2.35. The number of amides is 1. The van der Waals surface area contributed by atoms with Crippen LogP contribution in [0.4, 0.5) is 17.6 Å². The molecule has 0 aliphatic carbocycles. The first kappa shape index (κ1) is 20.7. The summed E-state index contributed by atoms with van der Waals surface area (Å²) in [6, 6.07) is 2.20. The van der Waals surface area contributed by atoms with Crippen LogP contribution in [0, 0.1) is 11.7 Å². The topological polar surface area (TPSA) is 55.1 Å². The SMILES string of the molecule is CC(C)CC(CN)NC(=O)c1cccc(C(F)(F)F)c1F.Cl. The summed E-state index contributed by atoms with van der Waals surface area (Å²) in [5.41, 5.74) is 3.41. The number of benzene rings is 1. The van der Waals surface area contributed by atoms with Crippen LogP contribution in [0.25, 0.3) is 0 Å². The number of rotatable bonds is 5. The Bertz CT molecular complexity index is 506. The van der Waals surface area contributed by atoms with Crippen molar-refractivity contribution in [3.05, 3.63) is 35.1 Å². The number of hydrogen-bond donors (Lipinski definition) is 2. The second kappa shape index (κ2) is 8.33. The number of alkyl halides is 3. The van der Waals surface area contributed by atoms with E-state index in [9.17, 15) is 22.4 Å². The van der Waals surface area contributed by atoms with Crippen LogP contribution >= 0.6 is 12.4 Å². The highest BCUT2D eigenvalue weighted by Crippen LogP contribution is 2.32. The van der Waals surface area contributed by atoms with Crippen LogP contribution < -0.4 is 11.1 Å². The standard InChI is InChI=1S/C14H18F4N2O.ClH/c1-8(2)6-9(7-19)20-13(21)10-4-3-5-11(12(10)15)14(16,17)18;/h3-5,8-9H,6-7,19H2,1-2H3,(H,20,21);1H. The molecule has 22 heavy (non-hydrogen) atoms. The molecule has 1 aromatic rings. The number of nitrogens with one attached hydrogen (secondary N) is 1. The molecule has 0 aliphatic heterocycles. The summed E-state index contributed by atoms with van der Waals surface area (Å²) in [7, 11) is 0. The molecule has 1 atom stereocenters. The van der Waals surface area contributed by atoms with Gasteiger partial charge in [-0.3, -0.25) is 4.79 Å². The van der Waals surface area contributed by atoms with Crippen molar-refractivity contribution in [2.45, 2.75) is 32.5 Å². The second-order valence-electron chi connectivity index (χ2n) is 5.20. The average Bonchev–Trinajstić information content (AvgIpc) is 2.35. The zero-order valence-electron chi connectivity index (χ0n) is 12.2. The first-order valence-corrected chi connectivity index (χ1v) is 6.53. The molecule has 1 unspecified atom stereocenters. The lowest BCUT2D eigenvalue weighted by molar-refractivity contribution is -0.140. The minimum atomic E-state index is -4.84. The van der Waals surface area contributed by atoms with Crippen LogP contribution in [0.2, 0.25) is 0 Å². The van der Waals surface area contributed by atoms with Gasteiger partial charge in [-0.25, -0.2) is 4.39 Å². The highest BCUT2D eigenvalue weighted by atomic mass is 35.5. The van der Waals surface area contributed by atoms with E-state index in [2.05, 4.69) is 5.32 Å². The molecule has 1 rings (SSSR count). The molecule has 1 amide bonds. The van der Waals surface area contributed by atoms with Gasteiger partial charge in [-0.1, -0.05) is 19.9 Å². The Hall–Kier alpha value is -1.34. The van der Waals surface area contributed by atoms with Gasteiger partial charge < -0.3 is 11.1 Å². The summed E-state index contributed by atoms with van der Waals surface area (Å²) in [6.45, 7) is 3.96. The van der Waals surface area contributed by atoms with Crippen molar-refractivity contribution in [2.75, 3.05) is 6.54 Å². The third-order valence-corrected chi connectivity index (χ3v) is 2.92. The average molecular weight is 343 g/mol. The molecule has 8 heteroatoms. The van der Waals surface area contributed by atoms with E-state index in [1.807, 2.05) is 13.8 Å². The van der Waals surface area contributed by atoms with E-state index >= 15 is 0 Å². The fourth-order valence-corrected chi connectivity index (χ4v) is 1.97. The zero-order chi connectivity index (χ0) is 16.2. The lowest BCUT2D eigenvalue weighted by Gasteiger charge is -2.19. The Morgan fingerprint density at radius 1 is 1.32 bits per heavy atom. The quantitative estimate of drug-likeness (QED) is 0.806. The first-order valence-electron chi connectivity index (χ1n) is 6.53. The molecule has 0 radical (unpaired) electrons.